The molecule has 2 aromatic rings. The highest BCUT2D eigenvalue weighted by Crippen LogP contribution is 2.27. The summed E-state index contributed by atoms with van der Waals surface area (Å²) in [7, 11) is 0. The zero-order valence-electron chi connectivity index (χ0n) is 10.2. The molecule has 2 heterocycles. The van der Waals surface area contributed by atoms with Crippen LogP contribution < -0.4 is 5.73 Å². The third kappa shape index (κ3) is 1.65. The van der Waals surface area contributed by atoms with Crippen LogP contribution in [0.25, 0.3) is 11.0 Å². The molecular weight excluding hydrogens is 230 g/mol. The van der Waals surface area contributed by atoms with E-state index in [-0.39, 0.29) is 12.4 Å². The van der Waals surface area contributed by atoms with Crippen LogP contribution in [0.5, 0.6) is 0 Å². The monoisotopic (exact) mass is 245 g/mol. The van der Waals surface area contributed by atoms with Crippen molar-refractivity contribution in [3.05, 3.63) is 35.6 Å². The number of ketones is 1. The fourth-order valence-corrected chi connectivity index (χ4v) is 2.33. The van der Waals surface area contributed by atoms with Gasteiger partial charge < -0.3 is 14.9 Å². The van der Waals surface area contributed by atoms with E-state index in [4.69, 9.17) is 14.9 Å². The summed E-state index contributed by atoms with van der Waals surface area (Å²) < 4.78 is 10.9. The van der Waals surface area contributed by atoms with Gasteiger partial charge in [-0.3, -0.25) is 4.79 Å². The van der Waals surface area contributed by atoms with E-state index in [2.05, 4.69) is 0 Å². The number of benzene rings is 1. The molecule has 1 fully saturated rings. The first-order chi connectivity index (χ1) is 8.60. The summed E-state index contributed by atoms with van der Waals surface area (Å²) in [5.41, 5.74) is 6.90. The summed E-state index contributed by atoms with van der Waals surface area (Å²) in [4.78, 5) is 12.4. The number of para-hydroxylation sites is 1. The number of nitrogens with two attached hydrogens (primary N) is 1. The van der Waals surface area contributed by atoms with Crippen molar-refractivity contribution < 1.29 is 13.9 Å². The van der Waals surface area contributed by atoms with E-state index in [1.165, 1.54) is 0 Å². The van der Waals surface area contributed by atoms with Crippen LogP contribution in [0.3, 0.4) is 0 Å². The van der Waals surface area contributed by atoms with E-state index >= 15 is 0 Å². The van der Waals surface area contributed by atoms with Gasteiger partial charge in [0.1, 0.15) is 11.1 Å². The first kappa shape index (κ1) is 11.4. The van der Waals surface area contributed by atoms with Gasteiger partial charge in [0.25, 0.3) is 0 Å². The summed E-state index contributed by atoms with van der Waals surface area (Å²) in [5.74, 6) is 0.155. The molecule has 1 unspecified atom stereocenters. The van der Waals surface area contributed by atoms with Gasteiger partial charge >= 0.3 is 0 Å². The highest BCUT2D eigenvalue weighted by atomic mass is 16.5. The molecule has 4 nitrogen and oxygen atoms in total. The fraction of sp³-hybridized carbons (Fsp3) is 0.357. The predicted molar refractivity (Wildman–Crippen MR) is 67.6 cm³/mol. The third-order valence-electron chi connectivity index (χ3n) is 3.47. The molecule has 0 aliphatic carbocycles. The standard InChI is InChI=1S/C14H15NO3/c1-9-3-2-4-10-7-11(18-12(9)10)13(16)14(15)5-6-17-8-14/h2-4,7H,5-6,8,15H2,1H3. The maximum absolute atomic E-state index is 12.4. The van der Waals surface area contributed by atoms with Crippen LogP contribution in [-0.2, 0) is 4.74 Å². The van der Waals surface area contributed by atoms with Crippen molar-refractivity contribution in [2.24, 2.45) is 5.73 Å². The lowest BCUT2D eigenvalue weighted by Crippen LogP contribution is -2.48. The highest BCUT2D eigenvalue weighted by Gasteiger charge is 2.40. The Morgan fingerprint density at radius 3 is 2.94 bits per heavy atom. The van der Waals surface area contributed by atoms with Crippen LogP contribution in [0, 0.1) is 6.92 Å². The second kappa shape index (κ2) is 3.93. The van der Waals surface area contributed by atoms with Crippen molar-refractivity contribution in [2.75, 3.05) is 13.2 Å². The largest absolute Gasteiger partial charge is 0.453 e. The summed E-state index contributed by atoms with van der Waals surface area (Å²) in [6, 6.07) is 7.59. The van der Waals surface area contributed by atoms with Crippen molar-refractivity contribution in [1.29, 1.82) is 0 Å². The lowest BCUT2D eigenvalue weighted by Gasteiger charge is -2.17. The van der Waals surface area contributed by atoms with Crippen LogP contribution in [0.15, 0.2) is 28.7 Å². The minimum atomic E-state index is -0.929. The number of rotatable bonds is 2. The third-order valence-corrected chi connectivity index (χ3v) is 3.47. The van der Waals surface area contributed by atoms with Gasteiger partial charge in [-0.1, -0.05) is 18.2 Å². The minimum Gasteiger partial charge on any atom is -0.453 e. The Morgan fingerprint density at radius 1 is 1.44 bits per heavy atom. The maximum atomic E-state index is 12.4. The van der Waals surface area contributed by atoms with Gasteiger partial charge in [-0.05, 0) is 25.0 Å². The molecule has 1 aliphatic heterocycles. The van der Waals surface area contributed by atoms with E-state index < -0.39 is 5.54 Å². The Morgan fingerprint density at radius 2 is 2.28 bits per heavy atom. The van der Waals surface area contributed by atoms with Crippen LogP contribution in [0.2, 0.25) is 0 Å². The first-order valence-electron chi connectivity index (χ1n) is 6.01. The molecule has 1 aromatic heterocycles. The molecule has 3 rings (SSSR count). The van der Waals surface area contributed by atoms with E-state index in [0.29, 0.717) is 18.8 Å². The number of carbonyl (C=O) groups excluding carboxylic acids is 1. The zero-order chi connectivity index (χ0) is 12.8. The predicted octanol–water partition coefficient (Wildman–Crippen LogP) is 2.04. The second-order valence-corrected chi connectivity index (χ2v) is 4.89. The molecule has 1 saturated heterocycles. The quantitative estimate of drug-likeness (QED) is 0.822. The average molecular weight is 245 g/mol. The molecule has 2 N–H and O–H groups in total. The molecule has 94 valence electrons. The Balaban J connectivity index is 2.04. The highest BCUT2D eigenvalue weighted by molar-refractivity contribution is 6.04. The average Bonchev–Trinajstić information content (AvgIpc) is 2.96. The number of carbonyl (C=O) groups is 1. The van der Waals surface area contributed by atoms with Crippen molar-refractivity contribution in [3.8, 4) is 0 Å². The number of aryl methyl sites for hydroxylation is 1. The summed E-state index contributed by atoms with van der Waals surface area (Å²) in [6.45, 7) is 2.75. The minimum absolute atomic E-state index is 0.171. The smallest absolute Gasteiger partial charge is 0.220 e. The van der Waals surface area contributed by atoms with Crippen molar-refractivity contribution in [1.82, 2.24) is 0 Å². The molecule has 0 bridgehead atoms. The van der Waals surface area contributed by atoms with E-state index in [0.717, 1.165) is 16.5 Å². The van der Waals surface area contributed by atoms with Crippen LogP contribution in [0.4, 0.5) is 0 Å². The lowest BCUT2D eigenvalue weighted by molar-refractivity contribution is 0.0836. The zero-order valence-corrected chi connectivity index (χ0v) is 10.2. The number of Topliss-reactive ketones (excluding diaryl/α,β-unsaturated/α-hetero) is 1. The maximum Gasteiger partial charge on any atom is 0.220 e. The van der Waals surface area contributed by atoms with E-state index in [9.17, 15) is 4.79 Å². The first-order valence-corrected chi connectivity index (χ1v) is 6.01. The summed E-state index contributed by atoms with van der Waals surface area (Å²) in [6.07, 6.45) is 0.544. The molecule has 0 saturated carbocycles. The van der Waals surface area contributed by atoms with Crippen LogP contribution in [-0.4, -0.2) is 24.5 Å². The molecule has 0 amide bonds. The Bertz CT molecular complexity index is 609. The van der Waals surface area contributed by atoms with Crippen molar-refractivity contribution >= 4 is 16.8 Å². The molecule has 18 heavy (non-hydrogen) atoms. The van der Waals surface area contributed by atoms with Gasteiger partial charge in [-0.2, -0.15) is 0 Å². The van der Waals surface area contributed by atoms with Gasteiger partial charge in [0.05, 0.1) is 6.61 Å². The second-order valence-electron chi connectivity index (χ2n) is 4.89. The summed E-state index contributed by atoms with van der Waals surface area (Å²) in [5, 5.41) is 0.931. The number of hydrogen-bond acceptors (Lipinski definition) is 4. The van der Waals surface area contributed by atoms with Gasteiger partial charge in [0.15, 0.2) is 5.76 Å². The Labute approximate surface area is 105 Å². The Kier molecular flexibility index (Phi) is 2.50. The summed E-state index contributed by atoms with van der Waals surface area (Å²) >= 11 is 0. The molecule has 1 aromatic carbocycles. The molecule has 4 heteroatoms. The van der Waals surface area contributed by atoms with E-state index in [1.54, 1.807) is 6.07 Å². The van der Waals surface area contributed by atoms with Gasteiger partial charge in [-0.15, -0.1) is 0 Å². The SMILES string of the molecule is Cc1cccc2cc(C(=O)C3(N)CCOC3)oc12. The topological polar surface area (TPSA) is 65.5 Å². The normalized spacial score (nSPS) is 23.7. The number of furan rings is 1. The van der Waals surface area contributed by atoms with Crippen molar-refractivity contribution in [2.45, 2.75) is 18.9 Å². The van der Waals surface area contributed by atoms with Gasteiger partial charge in [-0.25, -0.2) is 0 Å². The van der Waals surface area contributed by atoms with Crippen LogP contribution >= 0.6 is 0 Å². The fourth-order valence-electron chi connectivity index (χ4n) is 2.33. The van der Waals surface area contributed by atoms with E-state index in [1.807, 2.05) is 25.1 Å². The molecule has 1 aliphatic rings. The number of ether oxygens (including phenoxy) is 1. The van der Waals surface area contributed by atoms with Gasteiger partial charge in [0, 0.05) is 12.0 Å². The molecule has 1 atom stereocenters. The van der Waals surface area contributed by atoms with Crippen LogP contribution in [0.1, 0.15) is 22.5 Å². The molecule has 0 spiro atoms. The number of hydrogen-bond donors (Lipinski definition) is 1. The number of fused-ring (bicyclic) bond motifs is 1. The molecular formula is C14H15NO3. The lowest BCUT2D eigenvalue weighted by atomic mass is 9.93. The Hall–Kier alpha value is -1.65. The van der Waals surface area contributed by atoms with Crippen molar-refractivity contribution in [3.63, 3.8) is 0 Å². The van der Waals surface area contributed by atoms with Gasteiger partial charge in [0.2, 0.25) is 5.78 Å². The molecule has 0 radical (unpaired) electrons.